The van der Waals surface area contributed by atoms with Crippen molar-refractivity contribution in [2.75, 3.05) is 54.4 Å². The molecule has 2 saturated heterocycles. The molecule has 0 spiro atoms. The van der Waals surface area contributed by atoms with Crippen molar-refractivity contribution < 1.29 is 4.79 Å². The van der Waals surface area contributed by atoms with Gasteiger partial charge < -0.3 is 20.9 Å². The number of rotatable bonds is 6. The average molecular weight is 478 g/mol. The summed E-state index contributed by atoms with van der Waals surface area (Å²) < 4.78 is 0. The van der Waals surface area contributed by atoms with Crippen LogP contribution >= 0.6 is 11.3 Å². The van der Waals surface area contributed by atoms with Gasteiger partial charge >= 0.3 is 0 Å². The van der Waals surface area contributed by atoms with Gasteiger partial charge in [-0.2, -0.15) is 0 Å². The van der Waals surface area contributed by atoms with Gasteiger partial charge in [-0.25, -0.2) is 4.98 Å². The van der Waals surface area contributed by atoms with E-state index < -0.39 is 0 Å². The number of thiazole rings is 1. The van der Waals surface area contributed by atoms with Gasteiger partial charge in [0.05, 0.1) is 11.4 Å². The van der Waals surface area contributed by atoms with Gasteiger partial charge in [-0.1, -0.05) is 12.1 Å². The number of piperazine rings is 1. The Morgan fingerprint density at radius 2 is 1.74 bits per heavy atom. The van der Waals surface area contributed by atoms with Gasteiger partial charge in [0.2, 0.25) is 0 Å². The number of carbonyl (C=O) groups is 1. The minimum Gasteiger partial charge on any atom is -0.370 e. The third-order valence-corrected chi connectivity index (χ3v) is 7.46. The number of piperidine rings is 1. The molecule has 3 N–H and O–H groups in total. The number of anilines is 3. The van der Waals surface area contributed by atoms with Crippen LogP contribution in [0.3, 0.4) is 0 Å². The SMILES string of the molecule is NC1CCN(c2ccccc2NC(=O)c2csc(N3CCN(Cc4ccncc4)CC3)n2)CC1. The maximum atomic E-state index is 13.0. The molecule has 9 heteroatoms. The Kier molecular flexibility index (Phi) is 7.03. The number of hydrogen-bond donors (Lipinski definition) is 2. The molecule has 2 fully saturated rings. The molecule has 8 nitrogen and oxygen atoms in total. The molecule has 2 aromatic heterocycles. The van der Waals surface area contributed by atoms with Crippen molar-refractivity contribution >= 4 is 33.8 Å². The van der Waals surface area contributed by atoms with Gasteiger partial charge in [-0.3, -0.25) is 14.7 Å². The van der Waals surface area contributed by atoms with Gasteiger partial charge in [-0.05, 0) is 42.7 Å². The van der Waals surface area contributed by atoms with Crippen LogP contribution in [0.25, 0.3) is 0 Å². The van der Waals surface area contributed by atoms with Crippen molar-refractivity contribution in [2.24, 2.45) is 5.73 Å². The molecular weight excluding hydrogens is 446 g/mol. The number of nitrogens with one attached hydrogen (secondary N) is 1. The first-order valence-electron chi connectivity index (χ1n) is 11.9. The van der Waals surface area contributed by atoms with Crippen LogP contribution in [-0.4, -0.2) is 66.1 Å². The lowest BCUT2D eigenvalue weighted by Crippen LogP contribution is -2.46. The number of para-hydroxylation sites is 2. The lowest BCUT2D eigenvalue weighted by atomic mass is 10.0. The largest absolute Gasteiger partial charge is 0.370 e. The number of aromatic nitrogens is 2. The second-order valence-corrected chi connectivity index (χ2v) is 9.77. The van der Waals surface area contributed by atoms with Crippen LogP contribution in [0, 0.1) is 0 Å². The standard InChI is InChI=1S/C25H31N7OS/c26-20-7-11-31(12-8-20)23-4-2-1-3-21(23)28-24(33)22-18-34-25(29-22)32-15-13-30(14-16-32)17-19-5-9-27-10-6-19/h1-6,9-10,18,20H,7-8,11-17,26H2,(H,28,33). The summed E-state index contributed by atoms with van der Waals surface area (Å²) >= 11 is 1.54. The predicted octanol–water partition coefficient (Wildman–Crippen LogP) is 3.04. The monoisotopic (exact) mass is 477 g/mol. The molecule has 0 saturated carbocycles. The van der Waals surface area contributed by atoms with Crippen molar-refractivity contribution in [2.45, 2.75) is 25.4 Å². The molecule has 1 aromatic carbocycles. The van der Waals surface area contributed by atoms with Gasteiger partial charge in [0, 0.05) is 69.6 Å². The Balaban J connectivity index is 1.18. The fourth-order valence-electron chi connectivity index (χ4n) is 4.54. The summed E-state index contributed by atoms with van der Waals surface area (Å²) in [4.78, 5) is 28.8. The molecule has 0 unspecified atom stereocenters. The third kappa shape index (κ3) is 5.38. The van der Waals surface area contributed by atoms with Crippen molar-refractivity contribution in [3.8, 4) is 0 Å². The summed E-state index contributed by atoms with van der Waals surface area (Å²) in [6.45, 7) is 6.49. The Morgan fingerprint density at radius 1 is 1.00 bits per heavy atom. The van der Waals surface area contributed by atoms with E-state index in [4.69, 9.17) is 5.73 Å². The number of amides is 1. The van der Waals surface area contributed by atoms with Crippen LogP contribution in [0.5, 0.6) is 0 Å². The highest BCUT2D eigenvalue weighted by Gasteiger charge is 2.23. The highest BCUT2D eigenvalue weighted by molar-refractivity contribution is 7.14. The van der Waals surface area contributed by atoms with Crippen molar-refractivity contribution in [3.05, 3.63) is 65.4 Å². The average Bonchev–Trinajstić information content (AvgIpc) is 3.37. The highest BCUT2D eigenvalue weighted by Crippen LogP contribution is 2.29. The van der Waals surface area contributed by atoms with Crippen LogP contribution in [0.4, 0.5) is 16.5 Å². The number of hydrogen-bond acceptors (Lipinski definition) is 8. The predicted molar refractivity (Wildman–Crippen MR) is 138 cm³/mol. The van der Waals surface area contributed by atoms with Crippen LogP contribution in [0.1, 0.15) is 28.9 Å². The molecule has 1 amide bonds. The third-order valence-electron chi connectivity index (χ3n) is 6.56. The van der Waals surface area contributed by atoms with E-state index >= 15 is 0 Å². The molecule has 5 rings (SSSR count). The zero-order chi connectivity index (χ0) is 23.3. The molecule has 0 aliphatic carbocycles. The smallest absolute Gasteiger partial charge is 0.275 e. The molecule has 0 radical (unpaired) electrons. The Bertz CT molecular complexity index is 1090. The number of pyridine rings is 1. The van der Waals surface area contributed by atoms with E-state index in [1.807, 2.05) is 36.0 Å². The van der Waals surface area contributed by atoms with Crippen molar-refractivity contribution in [3.63, 3.8) is 0 Å². The van der Waals surface area contributed by atoms with E-state index in [-0.39, 0.29) is 11.9 Å². The second-order valence-electron chi connectivity index (χ2n) is 8.93. The fraction of sp³-hybridized carbons (Fsp3) is 0.400. The zero-order valence-corrected chi connectivity index (χ0v) is 20.1. The first-order valence-corrected chi connectivity index (χ1v) is 12.8. The molecule has 178 valence electrons. The Morgan fingerprint density at radius 3 is 2.50 bits per heavy atom. The topological polar surface area (TPSA) is 90.6 Å². The maximum absolute atomic E-state index is 13.0. The molecular formula is C25H31N7OS. The number of carbonyl (C=O) groups excluding carboxylic acids is 1. The van der Waals surface area contributed by atoms with E-state index in [1.165, 1.54) is 16.9 Å². The van der Waals surface area contributed by atoms with E-state index in [2.05, 4.69) is 48.2 Å². The van der Waals surface area contributed by atoms with Crippen LogP contribution in [0.2, 0.25) is 0 Å². The van der Waals surface area contributed by atoms with E-state index in [0.717, 1.165) is 75.2 Å². The van der Waals surface area contributed by atoms with Crippen molar-refractivity contribution in [1.82, 2.24) is 14.9 Å². The summed E-state index contributed by atoms with van der Waals surface area (Å²) in [6, 6.07) is 12.4. The lowest BCUT2D eigenvalue weighted by Gasteiger charge is -2.34. The van der Waals surface area contributed by atoms with Gasteiger partial charge in [-0.15, -0.1) is 11.3 Å². The summed E-state index contributed by atoms with van der Waals surface area (Å²) in [7, 11) is 0. The molecule has 34 heavy (non-hydrogen) atoms. The normalized spacial score (nSPS) is 17.7. The summed E-state index contributed by atoms with van der Waals surface area (Å²) in [5.74, 6) is -0.167. The number of benzene rings is 1. The lowest BCUT2D eigenvalue weighted by molar-refractivity contribution is 0.102. The van der Waals surface area contributed by atoms with E-state index in [0.29, 0.717) is 5.69 Å². The first kappa shape index (κ1) is 22.8. The molecule has 3 aromatic rings. The fourth-order valence-corrected chi connectivity index (χ4v) is 5.40. The molecule has 0 atom stereocenters. The quantitative estimate of drug-likeness (QED) is 0.564. The minimum atomic E-state index is -0.167. The van der Waals surface area contributed by atoms with Crippen LogP contribution in [-0.2, 0) is 6.54 Å². The maximum Gasteiger partial charge on any atom is 0.275 e. The highest BCUT2D eigenvalue weighted by atomic mass is 32.1. The van der Waals surface area contributed by atoms with Gasteiger partial charge in [0.1, 0.15) is 5.69 Å². The molecule has 0 bridgehead atoms. The summed E-state index contributed by atoms with van der Waals surface area (Å²) in [5, 5.41) is 5.85. The number of nitrogens with zero attached hydrogens (tertiary/aromatic N) is 5. The molecule has 4 heterocycles. The van der Waals surface area contributed by atoms with Gasteiger partial charge in [0.25, 0.3) is 5.91 Å². The van der Waals surface area contributed by atoms with Crippen molar-refractivity contribution in [1.29, 1.82) is 0 Å². The van der Waals surface area contributed by atoms with Crippen LogP contribution < -0.4 is 20.9 Å². The zero-order valence-electron chi connectivity index (χ0n) is 19.3. The molecule has 2 aliphatic heterocycles. The first-order chi connectivity index (χ1) is 16.7. The molecule has 2 aliphatic rings. The number of nitrogens with two attached hydrogens (primary N) is 1. The Labute approximate surface area is 204 Å². The van der Waals surface area contributed by atoms with Crippen LogP contribution in [0.15, 0.2) is 54.2 Å². The minimum absolute atomic E-state index is 0.167. The second kappa shape index (κ2) is 10.5. The summed E-state index contributed by atoms with van der Waals surface area (Å²) in [6.07, 6.45) is 5.61. The van der Waals surface area contributed by atoms with Gasteiger partial charge in [0.15, 0.2) is 5.13 Å². The van der Waals surface area contributed by atoms with E-state index in [9.17, 15) is 4.79 Å². The summed E-state index contributed by atoms with van der Waals surface area (Å²) in [5.41, 5.74) is 9.68. The van der Waals surface area contributed by atoms with E-state index in [1.54, 1.807) is 0 Å². The Hall–Kier alpha value is -3.01.